The van der Waals surface area contributed by atoms with Crippen LogP contribution in [0.4, 0.5) is 0 Å². The van der Waals surface area contributed by atoms with Crippen molar-refractivity contribution in [2.75, 3.05) is 19.7 Å². The Morgan fingerprint density at radius 3 is 2.90 bits per heavy atom. The predicted molar refractivity (Wildman–Crippen MR) is 77.3 cm³/mol. The topological polar surface area (TPSA) is 55.6 Å². The molecular weight excluding hydrogens is 268 g/mol. The summed E-state index contributed by atoms with van der Waals surface area (Å²) in [6.45, 7) is 5.73. The lowest BCUT2D eigenvalue weighted by Gasteiger charge is -2.38. The van der Waals surface area contributed by atoms with E-state index >= 15 is 0 Å². The number of rotatable bonds is 4. The van der Waals surface area contributed by atoms with Gasteiger partial charge in [-0.2, -0.15) is 0 Å². The summed E-state index contributed by atoms with van der Waals surface area (Å²) in [6, 6.07) is 5.53. The first kappa shape index (κ1) is 13.7. The number of furan rings is 1. The van der Waals surface area contributed by atoms with Gasteiger partial charge in [-0.1, -0.05) is 0 Å². The van der Waals surface area contributed by atoms with Gasteiger partial charge in [0.2, 0.25) is 0 Å². The van der Waals surface area contributed by atoms with Crippen molar-refractivity contribution < 1.29 is 13.9 Å². The normalized spacial score (nSPS) is 14.9. The quantitative estimate of drug-likeness (QED) is 0.866. The van der Waals surface area contributed by atoms with E-state index in [2.05, 4.69) is 4.98 Å². The number of ether oxygens (including phenoxy) is 1. The minimum atomic E-state index is 0.0435. The molecule has 0 bridgehead atoms. The molecule has 1 fully saturated rings. The van der Waals surface area contributed by atoms with Crippen LogP contribution in [0.3, 0.4) is 0 Å². The zero-order valence-corrected chi connectivity index (χ0v) is 12.2. The highest BCUT2D eigenvalue weighted by Gasteiger charge is 2.33. The smallest absolute Gasteiger partial charge is 0.257 e. The van der Waals surface area contributed by atoms with Crippen molar-refractivity contribution in [3.8, 4) is 5.75 Å². The van der Waals surface area contributed by atoms with Crippen molar-refractivity contribution >= 4 is 5.91 Å². The van der Waals surface area contributed by atoms with E-state index in [1.807, 2.05) is 30.9 Å². The van der Waals surface area contributed by atoms with Crippen LogP contribution in [-0.4, -0.2) is 35.5 Å². The molecule has 5 heteroatoms. The third-order valence-electron chi connectivity index (χ3n) is 3.64. The van der Waals surface area contributed by atoms with Crippen molar-refractivity contribution in [3.05, 3.63) is 47.7 Å². The monoisotopic (exact) mass is 286 g/mol. The van der Waals surface area contributed by atoms with Crippen LogP contribution in [-0.2, 0) is 0 Å². The molecule has 1 aliphatic heterocycles. The number of aryl methyl sites for hydroxylation is 2. The molecule has 3 heterocycles. The van der Waals surface area contributed by atoms with Gasteiger partial charge < -0.3 is 14.1 Å². The molecular formula is C16H18N2O3. The van der Waals surface area contributed by atoms with Gasteiger partial charge in [0.1, 0.15) is 17.3 Å². The third kappa shape index (κ3) is 2.91. The number of amides is 1. The van der Waals surface area contributed by atoms with Gasteiger partial charge in [0, 0.05) is 25.2 Å². The van der Waals surface area contributed by atoms with Gasteiger partial charge in [0.25, 0.3) is 5.91 Å². The Kier molecular flexibility index (Phi) is 3.64. The number of carbonyl (C=O) groups is 1. The first-order chi connectivity index (χ1) is 10.1. The summed E-state index contributed by atoms with van der Waals surface area (Å²) in [5.74, 6) is 2.65. The van der Waals surface area contributed by atoms with Gasteiger partial charge >= 0.3 is 0 Å². The lowest BCUT2D eigenvalue weighted by molar-refractivity contribution is 0.0391. The maximum absolute atomic E-state index is 12.3. The summed E-state index contributed by atoms with van der Waals surface area (Å²) in [5.41, 5.74) is 0.666. The van der Waals surface area contributed by atoms with Crippen LogP contribution in [0.25, 0.3) is 0 Å². The van der Waals surface area contributed by atoms with Crippen molar-refractivity contribution in [2.45, 2.75) is 13.8 Å². The number of aromatic nitrogens is 1. The third-order valence-corrected chi connectivity index (χ3v) is 3.64. The summed E-state index contributed by atoms with van der Waals surface area (Å²) in [5, 5.41) is 0. The number of hydrogen-bond acceptors (Lipinski definition) is 4. The molecule has 2 aromatic heterocycles. The first-order valence-corrected chi connectivity index (χ1v) is 7.02. The van der Waals surface area contributed by atoms with Crippen molar-refractivity contribution in [1.82, 2.24) is 9.88 Å². The van der Waals surface area contributed by atoms with Gasteiger partial charge in [0.05, 0.1) is 18.4 Å². The molecule has 2 aromatic rings. The number of carbonyl (C=O) groups excluding carboxylic acids is 1. The summed E-state index contributed by atoms with van der Waals surface area (Å²) in [4.78, 5) is 18.1. The van der Waals surface area contributed by atoms with Gasteiger partial charge in [0.15, 0.2) is 0 Å². The Morgan fingerprint density at radius 2 is 2.29 bits per heavy atom. The molecule has 1 amide bonds. The average molecular weight is 286 g/mol. The molecule has 0 atom stereocenters. The number of nitrogens with zero attached hydrogens (tertiary/aromatic N) is 2. The Labute approximate surface area is 123 Å². The standard InChI is InChI=1S/C16H18N2O3/c1-11-6-15(12(2)21-11)16(19)18-8-13(9-18)10-20-14-4-3-5-17-7-14/h3-7,13H,8-10H2,1-2H3. The maximum atomic E-state index is 12.3. The van der Waals surface area contributed by atoms with Gasteiger partial charge in [-0.25, -0.2) is 0 Å². The van der Waals surface area contributed by atoms with Crippen LogP contribution in [0.1, 0.15) is 21.9 Å². The lowest BCUT2D eigenvalue weighted by Crippen LogP contribution is -2.52. The van der Waals surface area contributed by atoms with Crippen LogP contribution in [0.5, 0.6) is 5.75 Å². The largest absolute Gasteiger partial charge is 0.492 e. The molecule has 110 valence electrons. The highest BCUT2D eigenvalue weighted by atomic mass is 16.5. The molecule has 0 saturated carbocycles. The lowest BCUT2D eigenvalue weighted by atomic mass is 10.00. The number of pyridine rings is 1. The molecule has 21 heavy (non-hydrogen) atoms. The minimum Gasteiger partial charge on any atom is -0.492 e. The first-order valence-electron chi connectivity index (χ1n) is 7.02. The van der Waals surface area contributed by atoms with Crippen LogP contribution in [0.2, 0.25) is 0 Å². The van der Waals surface area contributed by atoms with Gasteiger partial charge in [-0.15, -0.1) is 0 Å². The number of likely N-dealkylation sites (tertiary alicyclic amines) is 1. The summed E-state index contributed by atoms with van der Waals surface area (Å²) >= 11 is 0. The van der Waals surface area contributed by atoms with E-state index < -0.39 is 0 Å². The van der Waals surface area contributed by atoms with E-state index in [1.54, 1.807) is 18.5 Å². The Balaban J connectivity index is 1.49. The molecule has 1 aliphatic rings. The Morgan fingerprint density at radius 1 is 1.48 bits per heavy atom. The highest BCUT2D eigenvalue weighted by molar-refractivity contribution is 5.95. The van der Waals surface area contributed by atoms with Crippen LogP contribution in [0.15, 0.2) is 35.0 Å². The van der Waals surface area contributed by atoms with Gasteiger partial charge in [-0.3, -0.25) is 9.78 Å². The van der Waals surface area contributed by atoms with E-state index in [0.29, 0.717) is 23.8 Å². The van der Waals surface area contributed by atoms with E-state index in [0.717, 1.165) is 24.6 Å². The molecule has 5 nitrogen and oxygen atoms in total. The van der Waals surface area contributed by atoms with Crippen molar-refractivity contribution in [2.24, 2.45) is 5.92 Å². The molecule has 3 rings (SSSR count). The number of hydrogen-bond donors (Lipinski definition) is 0. The summed E-state index contributed by atoms with van der Waals surface area (Å²) in [7, 11) is 0. The molecule has 0 aromatic carbocycles. The zero-order chi connectivity index (χ0) is 14.8. The Hall–Kier alpha value is -2.30. The SMILES string of the molecule is Cc1cc(C(=O)N2CC(COc3cccnc3)C2)c(C)o1. The van der Waals surface area contributed by atoms with E-state index in [1.165, 1.54) is 0 Å². The molecule has 0 radical (unpaired) electrons. The van der Waals surface area contributed by atoms with E-state index in [4.69, 9.17) is 9.15 Å². The maximum Gasteiger partial charge on any atom is 0.257 e. The fraction of sp³-hybridized carbons (Fsp3) is 0.375. The highest BCUT2D eigenvalue weighted by Crippen LogP contribution is 2.23. The summed E-state index contributed by atoms with van der Waals surface area (Å²) < 4.78 is 11.1. The van der Waals surface area contributed by atoms with Crippen molar-refractivity contribution in [3.63, 3.8) is 0 Å². The van der Waals surface area contributed by atoms with Crippen LogP contribution < -0.4 is 4.74 Å². The second kappa shape index (κ2) is 5.60. The van der Waals surface area contributed by atoms with E-state index in [-0.39, 0.29) is 5.91 Å². The fourth-order valence-electron chi connectivity index (χ4n) is 2.50. The second-order valence-electron chi connectivity index (χ2n) is 5.40. The van der Waals surface area contributed by atoms with Crippen LogP contribution >= 0.6 is 0 Å². The van der Waals surface area contributed by atoms with Gasteiger partial charge in [-0.05, 0) is 32.0 Å². The van der Waals surface area contributed by atoms with E-state index in [9.17, 15) is 4.79 Å². The summed E-state index contributed by atoms with van der Waals surface area (Å²) in [6.07, 6.45) is 3.41. The van der Waals surface area contributed by atoms with Crippen molar-refractivity contribution in [1.29, 1.82) is 0 Å². The predicted octanol–water partition coefficient (Wildman–Crippen LogP) is 2.44. The molecule has 0 aliphatic carbocycles. The Bertz CT molecular complexity index is 630. The van der Waals surface area contributed by atoms with Crippen LogP contribution in [0, 0.1) is 19.8 Å². The molecule has 0 spiro atoms. The molecule has 1 saturated heterocycles. The zero-order valence-electron chi connectivity index (χ0n) is 12.2. The molecule has 0 N–H and O–H groups in total. The second-order valence-corrected chi connectivity index (χ2v) is 5.40. The average Bonchev–Trinajstić information content (AvgIpc) is 2.77. The fourth-order valence-corrected chi connectivity index (χ4v) is 2.50. The molecule has 0 unspecified atom stereocenters. The minimum absolute atomic E-state index is 0.0435.